The van der Waals surface area contributed by atoms with Crippen LogP contribution in [0.3, 0.4) is 0 Å². The lowest BCUT2D eigenvalue weighted by Gasteiger charge is -2.24. The molecule has 1 aromatic carbocycles. The Morgan fingerprint density at radius 2 is 1.94 bits per heavy atom. The molecule has 0 bridgehead atoms. The number of aromatic nitrogens is 1. The van der Waals surface area contributed by atoms with Crippen molar-refractivity contribution in [3.8, 4) is 5.75 Å². The normalized spacial score (nSPS) is 11.9. The van der Waals surface area contributed by atoms with Gasteiger partial charge in [0.05, 0.1) is 26.7 Å². The first-order valence-electron chi connectivity index (χ1n) is 5.33. The number of aromatic hydroxyl groups is 1. The van der Waals surface area contributed by atoms with E-state index < -0.39 is 0 Å². The minimum Gasteiger partial charge on any atom is -0.507 e. The fraction of sp³-hybridized carbons (Fsp3) is 0.308. The minimum atomic E-state index is 0.299. The first-order valence-corrected chi connectivity index (χ1v) is 5.33. The van der Waals surface area contributed by atoms with Crippen molar-refractivity contribution < 1.29 is 9.59 Å². The lowest BCUT2D eigenvalue weighted by atomic mass is 10.1. The SMILES string of the molecule is C[N+](C)(C)Cc1ccc(O)c2cccnc12. The molecule has 0 saturated heterocycles. The zero-order valence-corrected chi connectivity index (χ0v) is 9.94. The predicted octanol–water partition coefficient (Wildman–Crippen LogP) is 2.15. The summed E-state index contributed by atoms with van der Waals surface area (Å²) < 4.78 is 0.844. The molecule has 0 atom stereocenters. The van der Waals surface area contributed by atoms with E-state index in [0.717, 1.165) is 21.9 Å². The van der Waals surface area contributed by atoms with Crippen molar-refractivity contribution in [3.63, 3.8) is 0 Å². The molecule has 3 nitrogen and oxygen atoms in total. The summed E-state index contributed by atoms with van der Waals surface area (Å²) in [4.78, 5) is 4.36. The Bertz CT molecular complexity index is 515. The topological polar surface area (TPSA) is 33.1 Å². The first-order chi connectivity index (χ1) is 7.47. The summed E-state index contributed by atoms with van der Waals surface area (Å²) in [6, 6.07) is 7.44. The van der Waals surface area contributed by atoms with Crippen LogP contribution < -0.4 is 0 Å². The second-order valence-corrected chi connectivity index (χ2v) is 5.09. The fourth-order valence-electron chi connectivity index (χ4n) is 1.85. The monoisotopic (exact) mass is 217 g/mol. The Morgan fingerprint density at radius 3 is 2.62 bits per heavy atom. The minimum absolute atomic E-state index is 0.299. The number of phenolic OH excluding ortho intramolecular Hbond substituents is 1. The van der Waals surface area contributed by atoms with Gasteiger partial charge in [-0.25, -0.2) is 0 Å². The number of pyridine rings is 1. The Balaban J connectivity index is 2.59. The van der Waals surface area contributed by atoms with Crippen LogP contribution >= 0.6 is 0 Å². The maximum absolute atomic E-state index is 9.75. The molecule has 0 amide bonds. The van der Waals surface area contributed by atoms with Crippen molar-refractivity contribution in [2.45, 2.75) is 6.54 Å². The third-order valence-corrected chi connectivity index (χ3v) is 2.47. The largest absolute Gasteiger partial charge is 0.507 e. The van der Waals surface area contributed by atoms with Gasteiger partial charge in [0.15, 0.2) is 0 Å². The molecule has 2 aromatic rings. The number of fused-ring (bicyclic) bond motifs is 1. The molecule has 0 aliphatic carbocycles. The number of quaternary nitrogens is 1. The summed E-state index contributed by atoms with van der Waals surface area (Å²) in [5, 5.41) is 10.6. The van der Waals surface area contributed by atoms with Gasteiger partial charge in [-0.05, 0) is 24.3 Å². The highest BCUT2D eigenvalue weighted by Crippen LogP contribution is 2.26. The van der Waals surface area contributed by atoms with Gasteiger partial charge in [-0.2, -0.15) is 0 Å². The molecule has 2 rings (SSSR count). The van der Waals surface area contributed by atoms with E-state index in [0.29, 0.717) is 5.75 Å². The van der Waals surface area contributed by atoms with E-state index in [-0.39, 0.29) is 0 Å². The summed E-state index contributed by atoms with van der Waals surface area (Å²) in [6.45, 7) is 0.897. The smallest absolute Gasteiger partial charge is 0.125 e. The maximum atomic E-state index is 9.75. The average molecular weight is 217 g/mol. The molecule has 0 unspecified atom stereocenters. The van der Waals surface area contributed by atoms with E-state index in [4.69, 9.17) is 0 Å². The summed E-state index contributed by atoms with van der Waals surface area (Å²) >= 11 is 0. The van der Waals surface area contributed by atoms with Crippen molar-refractivity contribution in [1.29, 1.82) is 0 Å². The molecule has 0 fully saturated rings. The second-order valence-electron chi connectivity index (χ2n) is 5.09. The van der Waals surface area contributed by atoms with Crippen LogP contribution in [0.4, 0.5) is 0 Å². The van der Waals surface area contributed by atoms with Crippen LogP contribution in [0.2, 0.25) is 0 Å². The van der Waals surface area contributed by atoms with Gasteiger partial charge in [0.25, 0.3) is 0 Å². The lowest BCUT2D eigenvalue weighted by molar-refractivity contribution is -0.883. The Labute approximate surface area is 95.6 Å². The standard InChI is InChI=1S/C13H16N2O/c1-15(2,3)9-10-6-7-12(16)11-5-4-8-14-13(10)11/h4-8H,9H2,1-3H3/p+1. The third kappa shape index (κ3) is 2.14. The number of phenols is 1. The Kier molecular flexibility index (Phi) is 2.56. The molecule has 1 heterocycles. The van der Waals surface area contributed by atoms with E-state index in [2.05, 4.69) is 26.1 Å². The fourth-order valence-corrected chi connectivity index (χ4v) is 1.85. The van der Waals surface area contributed by atoms with Gasteiger partial charge >= 0.3 is 0 Å². The average Bonchev–Trinajstić information content (AvgIpc) is 2.21. The van der Waals surface area contributed by atoms with Crippen LogP contribution in [0.1, 0.15) is 5.56 Å². The molecule has 0 aliphatic heterocycles. The molecule has 16 heavy (non-hydrogen) atoms. The van der Waals surface area contributed by atoms with Crippen LogP contribution in [0.15, 0.2) is 30.5 Å². The van der Waals surface area contributed by atoms with Gasteiger partial charge in [0.1, 0.15) is 12.3 Å². The summed E-state index contributed by atoms with van der Waals surface area (Å²) in [5.41, 5.74) is 2.07. The van der Waals surface area contributed by atoms with Gasteiger partial charge in [-0.1, -0.05) is 0 Å². The van der Waals surface area contributed by atoms with Crippen molar-refractivity contribution in [2.75, 3.05) is 21.1 Å². The molecule has 0 aliphatic rings. The van der Waals surface area contributed by atoms with Crippen molar-refractivity contribution in [2.24, 2.45) is 0 Å². The molecule has 0 radical (unpaired) electrons. The van der Waals surface area contributed by atoms with Crippen molar-refractivity contribution in [1.82, 2.24) is 4.98 Å². The number of rotatable bonds is 2. The first kappa shape index (κ1) is 10.9. The lowest BCUT2D eigenvalue weighted by Crippen LogP contribution is -2.33. The summed E-state index contributed by atoms with van der Waals surface area (Å²) in [7, 11) is 6.42. The van der Waals surface area contributed by atoms with E-state index in [9.17, 15) is 5.11 Å². The maximum Gasteiger partial charge on any atom is 0.125 e. The van der Waals surface area contributed by atoms with Gasteiger partial charge in [-0.3, -0.25) is 4.98 Å². The highest BCUT2D eigenvalue weighted by molar-refractivity contribution is 5.87. The third-order valence-electron chi connectivity index (χ3n) is 2.47. The van der Waals surface area contributed by atoms with Gasteiger partial charge in [0, 0.05) is 17.1 Å². The van der Waals surface area contributed by atoms with Gasteiger partial charge in [0.2, 0.25) is 0 Å². The van der Waals surface area contributed by atoms with Gasteiger partial charge in [-0.15, -0.1) is 0 Å². The van der Waals surface area contributed by atoms with Crippen LogP contribution in [0.25, 0.3) is 10.9 Å². The van der Waals surface area contributed by atoms with Crippen LogP contribution in [0, 0.1) is 0 Å². The molecule has 3 heteroatoms. The highest BCUT2D eigenvalue weighted by atomic mass is 16.3. The molecular weight excluding hydrogens is 200 g/mol. The quantitative estimate of drug-likeness (QED) is 0.782. The van der Waals surface area contributed by atoms with E-state index in [1.54, 1.807) is 12.3 Å². The molecule has 0 saturated carbocycles. The number of benzene rings is 1. The van der Waals surface area contributed by atoms with Crippen LogP contribution in [-0.2, 0) is 6.54 Å². The van der Waals surface area contributed by atoms with Crippen molar-refractivity contribution in [3.05, 3.63) is 36.0 Å². The molecule has 1 aromatic heterocycles. The number of hydrogen-bond acceptors (Lipinski definition) is 2. The van der Waals surface area contributed by atoms with E-state index >= 15 is 0 Å². The summed E-state index contributed by atoms with van der Waals surface area (Å²) in [6.07, 6.45) is 1.76. The summed E-state index contributed by atoms with van der Waals surface area (Å²) in [5.74, 6) is 0.299. The van der Waals surface area contributed by atoms with Crippen molar-refractivity contribution >= 4 is 10.9 Å². The number of nitrogens with zero attached hydrogens (tertiary/aromatic N) is 2. The van der Waals surface area contributed by atoms with E-state index in [1.807, 2.05) is 18.2 Å². The highest BCUT2D eigenvalue weighted by Gasteiger charge is 2.13. The molecule has 0 spiro atoms. The van der Waals surface area contributed by atoms with Gasteiger partial charge < -0.3 is 9.59 Å². The molecular formula is C13H17N2O+. The van der Waals surface area contributed by atoms with Crippen LogP contribution in [0.5, 0.6) is 5.75 Å². The predicted molar refractivity (Wildman–Crippen MR) is 65.1 cm³/mol. The zero-order valence-electron chi connectivity index (χ0n) is 9.94. The second kappa shape index (κ2) is 3.76. The Morgan fingerprint density at radius 1 is 1.19 bits per heavy atom. The molecule has 1 N–H and O–H groups in total. The molecule has 84 valence electrons. The number of hydrogen-bond donors (Lipinski definition) is 1. The van der Waals surface area contributed by atoms with E-state index in [1.165, 1.54) is 5.56 Å². The van der Waals surface area contributed by atoms with Crippen LogP contribution in [-0.4, -0.2) is 35.7 Å². The zero-order chi connectivity index (χ0) is 11.8. The Hall–Kier alpha value is -1.61.